The molecule has 1 amide bonds. The number of nitrogens with one attached hydrogen (secondary N) is 1. The number of carbonyl (C=O) groups excluding carboxylic acids is 1. The molecule has 6 nitrogen and oxygen atoms in total. The van der Waals surface area contributed by atoms with Gasteiger partial charge in [0.25, 0.3) is 0 Å². The molecular weight excluding hydrogens is 289 g/mol. The summed E-state index contributed by atoms with van der Waals surface area (Å²) < 4.78 is 18.2. The second-order valence-electron chi connectivity index (χ2n) is 4.61. The number of ether oxygens (including phenoxy) is 1. The number of benzene rings is 1. The van der Waals surface area contributed by atoms with Gasteiger partial charge in [-0.2, -0.15) is 0 Å². The van der Waals surface area contributed by atoms with Gasteiger partial charge in [0.1, 0.15) is 11.6 Å². The van der Waals surface area contributed by atoms with Crippen LogP contribution in [0.5, 0.6) is 11.6 Å². The van der Waals surface area contributed by atoms with E-state index in [1.165, 1.54) is 24.3 Å². The van der Waals surface area contributed by atoms with Crippen molar-refractivity contribution >= 4 is 11.5 Å². The number of aliphatic hydroxyl groups is 1. The van der Waals surface area contributed by atoms with Crippen LogP contribution in [0.25, 0.3) is 5.57 Å². The second kappa shape index (κ2) is 5.90. The molecule has 1 aliphatic heterocycles. The fraction of sp³-hybridized carbons (Fsp3) is 0.133. The highest BCUT2D eigenvalue weighted by molar-refractivity contribution is 6.05. The Bertz CT molecular complexity index is 727. The number of hydrogen-bond donors (Lipinski definition) is 2. The summed E-state index contributed by atoms with van der Waals surface area (Å²) in [6, 6.07) is 8.78. The average molecular weight is 301 g/mol. The van der Waals surface area contributed by atoms with Crippen LogP contribution < -0.4 is 10.1 Å². The molecule has 2 heterocycles. The summed E-state index contributed by atoms with van der Waals surface area (Å²) in [6.07, 6.45) is 0. The molecule has 0 atom stereocenters. The Morgan fingerprint density at radius 3 is 2.59 bits per heavy atom. The van der Waals surface area contributed by atoms with Gasteiger partial charge in [-0.05, 0) is 30.3 Å². The Morgan fingerprint density at radius 1 is 1.18 bits per heavy atom. The maximum atomic E-state index is 12.8. The fourth-order valence-electron chi connectivity index (χ4n) is 2.09. The summed E-state index contributed by atoms with van der Waals surface area (Å²) in [6.45, 7) is -0.0434. The van der Waals surface area contributed by atoms with Crippen LogP contribution in [0.3, 0.4) is 0 Å². The van der Waals surface area contributed by atoms with Crippen molar-refractivity contribution in [1.82, 2.24) is 15.5 Å². The molecule has 0 radical (unpaired) electrons. The number of carbonyl (C=O) groups is 1. The third-order valence-electron chi connectivity index (χ3n) is 3.21. The molecule has 0 spiro atoms. The molecule has 2 N–H and O–H groups in total. The van der Waals surface area contributed by atoms with Crippen molar-refractivity contribution in [3.63, 3.8) is 0 Å². The van der Waals surface area contributed by atoms with E-state index in [1.807, 2.05) is 0 Å². The molecular formula is C15H12FN3O3. The SMILES string of the molecule is O=C1NCC(c2ccc(Oc3ccc(F)cc3)nn2)=C1CO. The molecule has 0 unspecified atom stereocenters. The monoisotopic (exact) mass is 301 g/mol. The number of aromatic nitrogens is 2. The molecule has 3 rings (SSSR count). The number of nitrogens with zero attached hydrogens (tertiary/aromatic N) is 2. The Morgan fingerprint density at radius 2 is 1.95 bits per heavy atom. The minimum Gasteiger partial charge on any atom is -0.438 e. The topological polar surface area (TPSA) is 84.3 Å². The fourth-order valence-corrected chi connectivity index (χ4v) is 2.09. The Kier molecular flexibility index (Phi) is 3.80. The summed E-state index contributed by atoms with van der Waals surface area (Å²) in [5.41, 5.74) is 1.41. The van der Waals surface area contributed by atoms with Crippen LogP contribution in [0.4, 0.5) is 4.39 Å². The van der Waals surface area contributed by atoms with Crippen molar-refractivity contribution in [1.29, 1.82) is 0 Å². The predicted octanol–water partition coefficient (Wildman–Crippen LogP) is 1.28. The van der Waals surface area contributed by atoms with Crippen LogP contribution in [-0.2, 0) is 4.79 Å². The van der Waals surface area contributed by atoms with Crippen molar-refractivity contribution in [3.8, 4) is 11.6 Å². The Hall–Kier alpha value is -2.80. The van der Waals surface area contributed by atoms with Gasteiger partial charge >= 0.3 is 0 Å². The lowest BCUT2D eigenvalue weighted by atomic mass is 10.1. The normalized spacial score (nSPS) is 14.2. The van der Waals surface area contributed by atoms with Crippen LogP contribution in [-0.4, -0.2) is 34.4 Å². The Balaban J connectivity index is 1.80. The zero-order chi connectivity index (χ0) is 15.5. The lowest BCUT2D eigenvalue weighted by Gasteiger charge is -2.05. The number of amides is 1. The van der Waals surface area contributed by atoms with Crippen molar-refractivity contribution in [2.75, 3.05) is 13.2 Å². The maximum absolute atomic E-state index is 12.8. The van der Waals surface area contributed by atoms with Gasteiger partial charge in [-0.3, -0.25) is 4.79 Å². The number of hydrogen-bond acceptors (Lipinski definition) is 5. The molecule has 0 saturated heterocycles. The second-order valence-corrected chi connectivity index (χ2v) is 4.61. The molecule has 22 heavy (non-hydrogen) atoms. The third kappa shape index (κ3) is 2.79. The first-order valence-electron chi connectivity index (χ1n) is 6.56. The first kappa shape index (κ1) is 14.2. The number of halogens is 1. The minimum atomic E-state index is -0.351. The summed E-state index contributed by atoms with van der Waals surface area (Å²) >= 11 is 0. The molecule has 0 bridgehead atoms. The predicted molar refractivity (Wildman–Crippen MR) is 75.5 cm³/mol. The molecule has 112 valence electrons. The summed E-state index contributed by atoms with van der Waals surface area (Å²) in [7, 11) is 0. The summed E-state index contributed by atoms with van der Waals surface area (Å²) in [5, 5.41) is 19.7. The van der Waals surface area contributed by atoms with E-state index in [1.54, 1.807) is 12.1 Å². The van der Waals surface area contributed by atoms with Crippen molar-refractivity contribution in [2.45, 2.75) is 0 Å². The van der Waals surface area contributed by atoms with Crippen LogP contribution >= 0.6 is 0 Å². The third-order valence-corrected chi connectivity index (χ3v) is 3.21. The largest absolute Gasteiger partial charge is 0.438 e. The van der Waals surface area contributed by atoms with Crippen molar-refractivity contribution in [3.05, 3.63) is 53.5 Å². The minimum absolute atomic E-state index is 0.249. The van der Waals surface area contributed by atoms with Crippen LogP contribution in [0, 0.1) is 5.82 Å². The van der Waals surface area contributed by atoms with Gasteiger partial charge in [0, 0.05) is 23.8 Å². The van der Waals surface area contributed by atoms with Crippen molar-refractivity contribution in [2.24, 2.45) is 0 Å². The first-order chi connectivity index (χ1) is 10.7. The molecule has 2 aromatic rings. The molecule has 1 aliphatic rings. The summed E-state index contributed by atoms with van der Waals surface area (Å²) in [5.74, 6) is 0.0387. The van der Waals surface area contributed by atoms with Gasteiger partial charge in [0.15, 0.2) is 0 Å². The molecule has 0 saturated carbocycles. The van der Waals surface area contributed by atoms with E-state index in [0.29, 0.717) is 29.1 Å². The van der Waals surface area contributed by atoms with E-state index in [-0.39, 0.29) is 24.2 Å². The van der Waals surface area contributed by atoms with Gasteiger partial charge in [-0.25, -0.2) is 4.39 Å². The highest BCUT2D eigenvalue weighted by Crippen LogP contribution is 2.23. The van der Waals surface area contributed by atoms with E-state index in [4.69, 9.17) is 4.74 Å². The molecule has 0 aliphatic carbocycles. The highest BCUT2D eigenvalue weighted by Gasteiger charge is 2.23. The number of aliphatic hydroxyl groups excluding tert-OH is 1. The zero-order valence-electron chi connectivity index (χ0n) is 11.4. The van der Waals surface area contributed by atoms with Crippen molar-refractivity contribution < 1.29 is 19.0 Å². The van der Waals surface area contributed by atoms with Gasteiger partial charge < -0.3 is 15.2 Å². The standard InChI is InChI=1S/C15H12FN3O3/c16-9-1-3-10(4-2-9)22-14-6-5-13(18-19-14)11-7-17-15(21)12(11)8-20/h1-6,20H,7-8H2,(H,17,21). The van der Waals surface area contributed by atoms with E-state index < -0.39 is 0 Å². The van der Waals surface area contributed by atoms with E-state index in [9.17, 15) is 14.3 Å². The molecule has 1 aromatic carbocycles. The first-order valence-corrected chi connectivity index (χ1v) is 6.56. The molecule has 7 heteroatoms. The average Bonchev–Trinajstić information content (AvgIpc) is 2.91. The van der Waals surface area contributed by atoms with Gasteiger partial charge in [-0.1, -0.05) is 0 Å². The quantitative estimate of drug-likeness (QED) is 0.889. The molecule has 1 aromatic heterocycles. The smallest absolute Gasteiger partial charge is 0.250 e. The van der Waals surface area contributed by atoms with Gasteiger partial charge in [0.05, 0.1) is 12.3 Å². The van der Waals surface area contributed by atoms with E-state index in [0.717, 1.165) is 0 Å². The van der Waals surface area contributed by atoms with E-state index in [2.05, 4.69) is 15.5 Å². The van der Waals surface area contributed by atoms with Gasteiger partial charge in [-0.15, -0.1) is 10.2 Å². The van der Waals surface area contributed by atoms with Crippen LogP contribution in [0.2, 0.25) is 0 Å². The number of rotatable bonds is 4. The lowest BCUT2D eigenvalue weighted by Crippen LogP contribution is -2.18. The summed E-state index contributed by atoms with van der Waals surface area (Å²) in [4.78, 5) is 11.5. The highest BCUT2D eigenvalue weighted by atomic mass is 19.1. The molecule has 0 fully saturated rings. The Labute approximate surface area is 125 Å². The van der Waals surface area contributed by atoms with Crippen LogP contribution in [0.15, 0.2) is 42.0 Å². The maximum Gasteiger partial charge on any atom is 0.250 e. The van der Waals surface area contributed by atoms with E-state index >= 15 is 0 Å². The zero-order valence-corrected chi connectivity index (χ0v) is 11.4. The van der Waals surface area contributed by atoms with Gasteiger partial charge in [0.2, 0.25) is 11.8 Å². The van der Waals surface area contributed by atoms with Crippen LogP contribution in [0.1, 0.15) is 5.69 Å². The lowest BCUT2D eigenvalue weighted by molar-refractivity contribution is -0.117.